The van der Waals surface area contributed by atoms with Gasteiger partial charge in [-0.25, -0.2) is 8.78 Å². The molecule has 1 unspecified atom stereocenters. The van der Waals surface area contributed by atoms with E-state index >= 15 is 0 Å². The Morgan fingerprint density at radius 1 is 1.08 bits per heavy atom. The van der Waals surface area contributed by atoms with Gasteiger partial charge in [-0.05, 0) is 37.8 Å². The highest BCUT2D eigenvalue weighted by molar-refractivity contribution is 5.98. The monoisotopic (exact) mass is 345 g/mol. The minimum Gasteiger partial charge on any atom is -0.310 e. The Balaban J connectivity index is 1.64. The molecule has 2 aromatic rings. The second-order valence-electron chi connectivity index (χ2n) is 6.51. The number of hydrogen-bond donors (Lipinski definition) is 0. The molecule has 0 N–H and O–H groups in total. The predicted molar refractivity (Wildman–Crippen MR) is 86.5 cm³/mol. The lowest BCUT2D eigenvalue weighted by atomic mass is 9.97. The van der Waals surface area contributed by atoms with E-state index in [-0.39, 0.29) is 11.7 Å². The van der Waals surface area contributed by atoms with Crippen molar-refractivity contribution in [3.05, 3.63) is 47.3 Å². The molecule has 7 heteroatoms. The van der Waals surface area contributed by atoms with Crippen LogP contribution in [0.15, 0.2) is 24.4 Å². The van der Waals surface area contributed by atoms with E-state index in [0.29, 0.717) is 37.2 Å². The van der Waals surface area contributed by atoms with Crippen LogP contribution in [0.2, 0.25) is 0 Å². The topological polar surface area (TPSA) is 55.2 Å². The molecule has 25 heavy (non-hydrogen) atoms. The minimum absolute atomic E-state index is 0.0146. The van der Waals surface area contributed by atoms with Crippen LogP contribution < -0.4 is 4.90 Å². The predicted octanol–water partition coefficient (Wildman–Crippen LogP) is 3.05. The highest BCUT2D eigenvalue weighted by Crippen LogP contribution is 2.30. The SMILES string of the molecule is O=C1CCCc2cn(C3CCCN(c4ccc(F)c(F)c4)C3=O)nc21. The highest BCUT2D eigenvalue weighted by atomic mass is 19.2. The van der Waals surface area contributed by atoms with Crippen molar-refractivity contribution >= 4 is 17.4 Å². The highest BCUT2D eigenvalue weighted by Gasteiger charge is 2.33. The van der Waals surface area contributed by atoms with E-state index in [4.69, 9.17) is 0 Å². The van der Waals surface area contributed by atoms with Gasteiger partial charge in [-0.3, -0.25) is 14.3 Å². The first kappa shape index (κ1) is 15.9. The summed E-state index contributed by atoms with van der Waals surface area (Å²) >= 11 is 0. The van der Waals surface area contributed by atoms with Crippen LogP contribution in [0.1, 0.15) is 47.8 Å². The maximum absolute atomic E-state index is 13.5. The molecule has 1 aromatic heterocycles. The van der Waals surface area contributed by atoms with E-state index < -0.39 is 17.7 Å². The van der Waals surface area contributed by atoms with Gasteiger partial charge in [0, 0.05) is 36.5 Å². The van der Waals surface area contributed by atoms with Crippen LogP contribution in [-0.2, 0) is 11.2 Å². The number of carbonyl (C=O) groups is 2. The Kier molecular flexibility index (Phi) is 3.86. The average molecular weight is 345 g/mol. The van der Waals surface area contributed by atoms with Gasteiger partial charge in [0.1, 0.15) is 11.7 Å². The molecule has 5 nitrogen and oxygen atoms in total. The lowest BCUT2D eigenvalue weighted by molar-refractivity contribution is -0.123. The zero-order chi connectivity index (χ0) is 17.6. The van der Waals surface area contributed by atoms with Crippen molar-refractivity contribution in [3.8, 4) is 0 Å². The lowest BCUT2D eigenvalue weighted by Gasteiger charge is -2.32. The first-order chi connectivity index (χ1) is 12.0. The van der Waals surface area contributed by atoms with Crippen LogP contribution >= 0.6 is 0 Å². The third-order valence-electron chi connectivity index (χ3n) is 4.87. The fraction of sp³-hybridized carbons (Fsp3) is 0.389. The van der Waals surface area contributed by atoms with Gasteiger partial charge in [0.05, 0.1) is 0 Å². The summed E-state index contributed by atoms with van der Waals surface area (Å²) in [5, 5.41) is 4.35. The fourth-order valence-electron chi connectivity index (χ4n) is 3.58. The number of aryl methyl sites for hydroxylation is 1. The van der Waals surface area contributed by atoms with Gasteiger partial charge in [-0.2, -0.15) is 5.10 Å². The second kappa shape index (κ2) is 6.06. The number of hydrogen-bond acceptors (Lipinski definition) is 3. The van der Waals surface area contributed by atoms with E-state index in [1.165, 1.54) is 11.0 Å². The number of anilines is 1. The number of ketones is 1. The normalized spacial score (nSPS) is 20.7. The van der Waals surface area contributed by atoms with Crippen molar-refractivity contribution in [3.63, 3.8) is 0 Å². The summed E-state index contributed by atoms with van der Waals surface area (Å²) in [5.41, 5.74) is 1.68. The molecule has 1 aliphatic carbocycles. The molecule has 0 spiro atoms. The zero-order valence-corrected chi connectivity index (χ0v) is 13.5. The van der Waals surface area contributed by atoms with Crippen LogP contribution in [0.5, 0.6) is 0 Å². The molecule has 1 aliphatic heterocycles. The third-order valence-corrected chi connectivity index (χ3v) is 4.87. The van der Waals surface area contributed by atoms with E-state index in [0.717, 1.165) is 30.5 Å². The first-order valence-corrected chi connectivity index (χ1v) is 8.42. The molecular weight excluding hydrogens is 328 g/mol. The van der Waals surface area contributed by atoms with Crippen molar-refractivity contribution in [1.29, 1.82) is 0 Å². The first-order valence-electron chi connectivity index (χ1n) is 8.42. The molecule has 1 fully saturated rings. The van der Waals surface area contributed by atoms with Gasteiger partial charge in [0.25, 0.3) is 5.91 Å². The van der Waals surface area contributed by atoms with Gasteiger partial charge in [0.15, 0.2) is 17.4 Å². The number of aromatic nitrogens is 2. The summed E-state index contributed by atoms with van der Waals surface area (Å²) in [6, 6.07) is 2.93. The van der Waals surface area contributed by atoms with Crippen LogP contribution in [0.25, 0.3) is 0 Å². The van der Waals surface area contributed by atoms with E-state index in [1.54, 1.807) is 10.9 Å². The van der Waals surface area contributed by atoms with Gasteiger partial charge in [-0.1, -0.05) is 0 Å². The van der Waals surface area contributed by atoms with Crippen LogP contribution in [0.3, 0.4) is 0 Å². The smallest absolute Gasteiger partial charge is 0.251 e. The van der Waals surface area contributed by atoms with E-state index in [9.17, 15) is 18.4 Å². The molecule has 0 bridgehead atoms. The number of carbonyl (C=O) groups excluding carboxylic acids is 2. The molecule has 1 aromatic carbocycles. The van der Waals surface area contributed by atoms with Gasteiger partial charge in [0.2, 0.25) is 0 Å². The molecule has 0 saturated carbocycles. The summed E-state index contributed by atoms with van der Waals surface area (Å²) in [5.74, 6) is -2.12. The largest absolute Gasteiger partial charge is 0.310 e. The van der Waals surface area contributed by atoms with E-state index in [2.05, 4.69) is 5.10 Å². The van der Waals surface area contributed by atoms with Gasteiger partial charge in [-0.15, -0.1) is 0 Å². The number of benzene rings is 1. The number of fused-ring (bicyclic) bond motifs is 1. The second-order valence-corrected chi connectivity index (χ2v) is 6.51. The molecule has 4 rings (SSSR count). The molecule has 2 aliphatic rings. The summed E-state index contributed by atoms with van der Waals surface area (Å²) in [6.07, 6.45) is 5.18. The summed E-state index contributed by atoms with van der Waals surface area (Å²) in [6.45, 7) is 0.445. The summed E-state index contributed by atoms with van der Waals surface area (Å²) in [4.78, 5) is 26.3. The molecule has 2 heterocycles. The molecule has 0 radical (unpaired) electrons. The van der Waals surface area contributed by atoms with Gasteiger partial charge < -0.3 is 4.90 Å². The van der Waals surface area contributed by atoms with Crippen LogP contribution in [-0.4, -0.2) is 28.0 Å². The third kappa shape index (κ3) is 2.73. The Hall–Kier alpha value is -2.57. The number of nitrogens with zero attached hydrogens (tertiary/aromatic N) is 3. The standard InChI is InChI=1S/C18H17F2N3O2/c19-13-7-6-12(9-14(13)20)22-8-2-4-15(18(22)25)23-10-11-3-1-5-16(24)17(11)21-23/h6-7,9-10,15H,1-5,8H2. The lowest BCUT2D eigenvalue weighted by Crippen LogP contribution is -2.42. The Morgan fingerprint density at radius 2 is 1.92 bits per heavy atom. The van der Waals surface area contributed by atoms with Crippen molar-refractivity contribution < 1.29 is 18.4 Å². The number of halogens is 2. The maximum atomic E-state index is 13.5. The molecular formula is C18H17F2N3O2. The number of piperidine rings is 1. The molecule has 130 valence electrons. The summed E-state index contributed by atoms with van der Waals surface area (Å²) < 4.78 is 28.2. The fourth-order valence-corrected chi connectivity index (χ4v) is 3.58. The molecule has 1 saturated heterocycles. The van der Waals surface area contributed by atoms with Crippen LogP contribution in [0.4, 0.5) is 14.5 Å². The average Bonchev–Trinajstić information content (AvgIpc) is 3.03. The van der Waals surface area contributed by atoms with Crippen LogP contribution in [0, 0.1) is 11.6 Å². The van der Waals surface area contributed by atoms with Crippen molar-refractivity contribution in [2.24, 2.45) is 0 Å². The molecule has 1 atom stereocenters. The zero-order valence-electron chi connectivity index (χ0n) is 13.5. The van der Waals surface area contributed by atoms with E-state index in [1.807, 2.05) is 0 Å². The number of amides is 1. The summed E-state index contributed by atoms with van der Waals surface area (Å²) in [7, 11) is 0. The van der Waals surface area contributed by atoms with Crippen molar-refractivity contribution in [2.45, 2.75) is 38.1 Å². The van der Waals surface area contributed by atoms with Crippen molar-refractivity contribution in [2.75, 3.05) is 11.4 Å². The maximum Gasteiger partial charge on any atom is 0.251 e. The Morgan fingerprint density at radius 3 is 2.68 bits per heavy atom. The number of Topliss-reactive ketones (excluding diaryl/α,β-unsaturated/α-hetero) is 1. The Labute approximate surface area is 143 Å². The van der Waals surface area contributed by atoms with Crippen molar-refractivity contribution in [1.82, 2.24) is 9.78 Å². The Bertz CT molecular complexity index is 862. The minimum atomic E-state index is -0.979. The quantitative estimate of drug-likeness (QED) is 0.841. The number of rotatable bonds is 2. The molecule has 1 amide bonds. The van der Waals surface area contributed by atoms with Gasteiger partial charge >= 0.3 is 0 Å².